The van der Waals surface area contributed by atoms with Gasteiger partial charge >= 0.3 is 6.18 Å². The van der Waals surface area contributed by atoms with Crippen molar-refractivity contribution in [3.63, 3.8) is 0 Å². The highest BCUT2D eigenvalue weighted by molar-refractivity contribution is 6.13. The number of nitrogens with zero attached hydrogens (tertiary/aromatic N) is 5. The molecule has 0 spiro atoms. The van der Waals surface area contributed by atoms with Crippen molar-refractivity contribution >= 4 is 34.6 Å². The number of carbonyl (C=O) groups is 2. The van der Waals surface area contributed by atoms with Gasteiger partial charge in [-0.25, -0.2) is 14.4 Å². The lowest BCUT2D eigenvalue weighted by molar-refractivity contribution is -0.142. The number of halogens is 4. The maximum absolute atomic E-state index is 15.6. The van der Waals surface area contributed by atoms with Crippen molar-refractivity contribution in [1.29, 1.82) is 0 Å². The zero-order chi connectivity index (χ0) is 36.5. The maximum atomic E-state index is 15.6. The van der Waals surface area contributed by atoms with Gasteiger partial charge in [0.1, 0.15) is 23.1 Å². The van der Waals surface area contributed by atoms with Crippen LogP contribution in [0.4, 0.5) is 29.2 Å². The number of Topliss-reactive ketones (excluding diaryl/α,β-unsaturated/α-hetero) is 2. The number of fused-ring (bicyclic) bond motifs is 4. The zero-order valence-corrected chi connectivity index (χ0v) is 28.8. The van der Waals surface area contributed by atoms with E-state index in [0.717, 1.165) is 5.56 Å². The number of nitrogens with one attached hydrogen (secondary N) is 1. The normalized spacial score (nSPS) is 29.8. The average molecular weight is 700 g/mol. The molecule has 9 nitrogen and oxygen atoms in total. The van der Waals surface area contributed by atoms with E-state index >= 15 is 4.39 Å². The quantitative estimate of drug-likeness (QED) is 0.219. The lowest BCUT2D eigenvalue weighted by Gasteiger charge is -2.47. The third-order valence-electron chi connectivity index (χ3n) is 11.5. The minimum atomic E-state index is -4.86. The summed E-state index contributed by atoms with van der Waals surface area (Å²) in [4.78, 5) is 38.1. The van der Waals surface area contributed by atoms with E-state index < -0.39 is 51.8 Å². The molecule has 13 heteroatoms. The van der Waals surface area contributed by atoms with Crippen molar-refractivity contribution in [3.8, 4) is 0 Å². The Morgan fingerprint density at radius 1 is 0.824 bits per heavy atom. The first-order chi connectivity index (χ1) is 23.9. The number of rotatable bonds is 3. The number of hydrogen-bond donors (Lipinski definition) is 2. The van der Waals surface area contributed by atoms with Crippen molar-refractivity contribution in [2.75, 3.05) is 0 Å². The van der Waals surface area contributed by atoms with Gasteiger partial charge in [0.15, 0.2) is 11.6 Å². The Morgan fingerprint density at radius 2 is 1.45 bits per heavy atom. The van der Waals surface area contributed by atoms with Crippen LogP contribution in [0, 0.1) is 30.0 Å². The molecule has 5 unspecified atom stereocenters. The predicted octanol–water partition coefficient (Wildman–Crippen LogP) is 7.15. The van der Waals surface area contributed by atoms with Crippen LogP contribution in [0.2, 0.25) is 0 Å². The number of benzene rings is 2. The maximum Gasteiger partial charge on any atom is 0.433 e. The second-order valence-electron chi connectivity index (χ2n) is 15.8. The summed E-state index contributed by atoms with van der Waals surface area (Å²) in [6.45, 7) is 9.19. The number of aromatic nitrogens is 4. The zero-order valence-electron chi connectivity index (χ0n) is 28.8. The Labute approximate surface area is 291 Å². The molecule has 4 heterocycles. The number of alkyl halides is 3. The molecule has 51 heavy (non-hydrogen) atoms. The molecule has 4 aliphatic rings. The van der Waals surface area contributed by atoms with Gasteiger partial charge in [-0.2, -0.15) is 23.4 Å². The largest absolute Gasteiger partial charge is 0.433 e. The first-order valence-electron chi connectivity index (χ1n) is 17.0. The minimum absolute atomic E-state index is 0.00641. The molecule has 264 valence electrons. The summed E-state index contributed by atoms with van der Waals surface area (Å²) >= 11 is 0. The molecule has 2 fully saturated rings. The van der Waals surface area contributed by atoms with Gasteiger partial charge in [-0.3, -0.25) is 19.4 Å². The molecule has 2 saturated carbocycles. The summed E-state index contributed by atoms with van der Waals surface area (Å²) in [5.41, 5.74) is 4.27. The molecule has 2 aromatic heterocycles. The lowest BCUT2D eigenvalue weighted by Crippen LogP contribution is -2.57. The van der Waals surface area contributed by atoms with Crippen LogP contribution in [-0.2, 0) is 32.3 Å². The van der Waals surface area contributed by atoms with Gasteiger partial charge in [0.2, 0.25) is 0 Å². The number of carbonyl (C=O) groups excluding carboxylic acids is 2. The van der Waals surface area contributed by atoms with Crippen molar-refractivity contribution in [1.82, 2.24) is 20.0 Å². The van der Waals surface area contributed by atoms with Gasteiger partial charge in [-0.05, 0) is 42.9 Å². The molecule has 0 amide bonds. The summed E-state index contributed by atoms with van der Waals surface area (Å²) in [7, 11) is 0. The average Bonchev–Trinajstić information content (AvgIpc) is 3.63. The fourth-order valence-electron chi connectivity index (χ4n) is 9.61. The first kappa shape index (κ1) is 33.4. The Bertz CT molecular complexity index is 2220. The summed E-state index contributed by atoms with van der Waals surface area (Å²) in [5.74, 6) is -2.97. The summed E-state index contributed by atoms with van der Waals surface area (Å²) in [6.07, 6.45) is -4.02. The predicted molar refractivity (Wildman–Crippen MR) is 182 cm³/mol. The van der Waals surface area contributed by atoms with E-state index in [-0.39, 0.29) is 46.7 Å². The fourth-order valence-corrected chi connectivity index (χ4v) is 9.61. The Balaban J connectivity index is 1.30. The number of nitrogens with two attached hydrogens (primary N) is 1. The molecule has 5 atom stereocenters. The summed E-state index contributed by atoms with van der Waals surface area (Å²) in [6, 6.07) is 15.0. The van der Waals surface area contributed by atoms with E-state index in [4.69, 9.17) is 15.8 Å². The van der Waals surface area contributed by atoms with E-state index in [1.807, 2.05) is 58.0 Å². The van der Waals surface area contributed by atoms with Crippen LogP contribution in [0.15, 0.2) is 64.6 Å². The van der Waals surface area contributed by atoms with E-state index in [1.165, 1.54) is 31.2 Å². The third-order valence-corrected chi connectivity index (χ3v) is 11.5. The van der Waals surface area contributed by atoms with Gasteiger partial charge in [0.25, 0.3) is 0 Å². The van der Waals surface area contributed by atoms with E-state index in [9.17, 15) is 22.8 Å². The van der Waals surface area contributed by atoms with E-state index in [0.29, 0.717) is 35.6 Å². The second-order valence-corrected chi connectivity index (χ2v) is 15.8. The van der Waals surface area contributed by atoms with Gasteiger partial charge in [-0.15, -0.1) is 0 Å². The van der Waals surface area contributed by atoms with Gasteiger partial charge < -0.3 is 5.73 Å². The molecule has 2 aromatic carbocycles. The molecular weight excluding hydrogens is 662 g/mol. The Kier molecular flexibility index (Phi) is 6.95. The highest BCUT2D eigenvalue weighted by atomic mass is 19.4. The van der Waals surface area contributed by atoms with Crippen molar-refractivity contribution in [2.24, 2.45) is 33.0 Å². The number of aromatic amines is 1. The van der Waals surface area contributed by atoms with Crippen molar-refractivity contribution < 1.29 is 27.2 Å². The van der Waals surface area contributed by atoms with Gasteiger partial charge in [0, 0.05) is 52.9 Å². The van der Waals surface area contributed by atoms with Crippen molar-refractivity contribution in [3.05, 3.63) is 94.1 Å². The molecule has 4 aromatic rings. The molecule has 0 radical (unpaired) electrons. The second kappa shape index (κ2) is 10.6. The fraction of sp³-hybridized carbons (Fsp3) is 0.421. The molecule has 8 rings (SSSR count). The first-order valence-corrected chi connectivity index (χ1v) is 17.0. The highest BCUT2D eigenvalue weighted by Gasteiger charge is 2.60. The van der Waals surface area contributed by atoms with Crippen LogP contribution in [0.3, 0.4) is 0 Å². The van der Waals surface area contributed by atoms with Crippen LogP contribution in [0.25, 0.3) is 0 Å². The molecular formula is C38H37F4N7O2. The molecule has 2 aliphatic carbocycles. The number of hydrogen-bond acceptors (Lipinski definition) is 7. The topological polar surface area (TPSA) is 131 Å². The van der Waals surface area contributed by atoms with Gasteiger partial charge in [-0.1, -0.05) is 69.3 Å². The van der Waals surface area contributed by atoms with Crippen LogP contribution >= 0.6 is 0 Å². The highest BCUT2D eigenvalue weighted by Crippen LogP contribution is 2.56. The number of ketones is 2. The van der Waals surface area contributed by atoms with Crippen LogP contribution in [0.5, 0.6) is 0 Å². The lowest BCUT2D eigenvalue weighted by atomic mass is 9.57. The van der Waals surface area contributed by atoms with Crippen LogP contribution in [-0.4, -0.2) is 43.0 Å². The summed E-state index contributed by atoms with van der Waals surface area (Å²) < 4.78 is 60.5. The summed E-state index contributed by atoms with van der Waals surface area (Å²) in [5, 5.41) is 11.0. The van der Waals surface area contributed by atoms with Crippen molar-refractivity contribution in [2.45, 2.75) is 83.0 Å². The third kappa shape index (κ3) is 4.62. The van der Waals surface area contributed by atoms with E-state index in [2.05, 4.69) is 15.2 Å². The molecule has 0 saturated heterocycles. The monoisotopic (exact) mass is 699 g/mol. The van der Waals surface area contributed by atoms with Crippen LogP contribution < -0.4 is 5.73 Å². The molecule has 2 aliphatic heterocycles. The Morgan fingerprint density at radius 3 is 2.14 bits per heavy atom. The SMILES string of the molecule is Cc1c2c(nn1C1(C)CC(=O)C3C(=Nc4n[nH]c(C(F)(F)F)c4C3(C)c3ccccc3F)C1)N=C1CC(C)(C)CC(=O)C1C2(N)c1ccccc1. The number of H-pyrrole nitrogens is 1. The minimum Gasteiger partial charge on any atom is -0.317 e. The van der Waals surface area contributed by atoms with Gasteiger partial charge in [0.05, 0.1) is 22.9 Å². The van der Waals surface area contributed by atoms with Crippen LogP contribution in [0.1, 0.15) is 87.0 Å². The smallest absolute Gasteiger partial charge is 0.317 e. The molecule has 0 bridgehead atoms. The molecule has 3 N–H and O–H groups in total. The number of aliphatic imine (C=N–C) groups is 2. The Hall–Kier alpha value is -4.78. The van der Waals surface area contributed by atoms with E-state index in [1.54, 1.807) is 4.68 Å². The standard InChI is InChI=1S/C38H37F4N7O2/c1-19-27-33(45-23-15-34(2,3)17-25(50)29(23)37(27,43)20-11-7-6-8-12-20)48-49(19)35(4)16-24-28(26(51)18-35)36(5,21-13-9-10-14-22(21)39)30-31(38(40,41)42)46-47-32(30)44-24/h6-14,28-29H,15-18,43H2,1-5H3,(H,46,47).